The van der Waals surface area contributed by atoms with E-state index in [1.807, 2.05) is 32.9 Å². The second-order valence-corrected chi connectivity index (χ2v) is 5.91. The van der Waals surface area contributed by atoms with Crippen LogP contribution in [0.1, 0.15) is 37.5 Å². The largest absolute Gasteiger partial charge is 0.207 e. The van der Waals surface area contributed by atoms with Crippen molar-refractivity contribution in [2.75, 3.05) is 0 Å². The molecule has 3 heteroatoms. The summed E-state index contributed by atoms with van der Waals surface area (Å²) in [6.07, 6.45) is 2.64. The Balaban J connectivity index is 0.000000202. The molecule has 0 fully saturated rings. The van der Waals surface area contributed by atoms with E-state index in [4.69, 9.17) is 0 Å². The van der Waals surface area contributed by atoms with Gasteiger partial charge in [0.1, 0.15) is 17.5 Å². The monoisotopic (exact) mass is 372 g/mol. The van der Waals surface area contributed by atoms with E-state index in [0.717, 1.165) is 30.4 Å². The van der Waals surface area contributed by atoms with Crippen LogP contribution in [0.3, 0.4) is 0 Å². The fourth-order valence-electron chi connectivity index (χ4n) is 2.26. The minimum atomic E-state index is -0.160. The van der Waals surface area contributed by atoms with Gasteiger partial charge in [-0.25, -0.2) is 13.2 Å². The van der Waals surface area contributed by atoms with E-state index < -0.39 is 0 Å². The van der Waals surface area contributed by atoms with Crippen LogP contribution < -0.4 is 0 Å². The molecule has 0 saturated heterocycles. The molecule has 0 aromatic heterocycles. The van der Waals surface area contributed by atoms with Gasteiger partial charge in [-0.2, -0.15) is 0 Å². The van der Waals surface area contributed by atoms with E-state index in [0.29, 0.717) is 0 Å². The van der Waals surface area contributed by atoms with Crippen LogP contribution in [0.15, 0.2) is 72.8 Å². The van der Waals surface area contributed by atoms with Crippen LogP contribution in [0, 0.1) is 17.5 Å². The Morgan fingerprint density at radius 2 is 1.19 bits per heavy atom. The van der Waals surface area contributed by atoms with Gasteiger partial charge in [-0.3, -0.25) is 0 Å². The van der Waals surface area contributed by atoms with Crippen molar-refractivity contribution in [1.82, 2.24) is 0 Å². The van der Waals surface area contributed by atoms with E-state index >= 15 is 0 Å². The highest BCUT2D eigenvalue weighted by Crippen LogP contribution is 2.05. The second kappa shape index (κ2) is 12.7. The first-order valence-electron chi connectivity index (χ1n) is 9.22. The molecule has 0 aliphatic carbocycles. The molecule has 0 radical (unpaired) electrons. The highest BCUT2D eigenvalue weighted by atomic mass is 19.1. The summed E-state index contributed by atoms with van der Waals surface area (Å²) >= 11 is 0. The van der Waals surface area contributed by atoms with Gasteiger partial charge in [0.25, 0.3) is 0 Å². The van der Waals surface area contributed by atoms with Crippen molar-refractivity contribution in [1.29, 1.82) is 0 Å². The number of halogens is 3. The van der Waals surface area contributed by atoms with Crippen molar-refractivity contribution in [2.24, 2.45) is 0 Å². The summed E-state index contributed by atoms with van der Waals surface area (Å²) in [5.74, 6) is -0.401. The summed E-state index contributed by atoms with van der Waals surface area (Å²) in [7, 11) is 0. The van der Waals surface area contributed by atoms with Crippen LogP contribution >= 0.6 is 0 Å². The minimum absolute atomic E-state index is 0.0972. The predicted octanol–water partition coefficient (Wildman–Crippen LogP) is 7.16. The van der Waals surface area contributed by atoms with Crippen LogP contribution in [-0.4, -0.2) is 0 Å². The first kappa shape index (κ1) is 22.5. The lowest BCUT2D eigenvalue weighted by Crippen LogP contribution is -1.83. The van der Waals surface area contributed by atoms with Gasteiger partial charge < -0.3 is 0 Å². The standard InChI is InChI=1S/3C8H9F/c1-2-7-3-5-8(9)6-4-7;1-2-7-4-3-5-8(9)6-7;1-2-7-5-3-4-6-8(7)9/h3*3-6H,2H2,1H3. The normalized spacial score (nSPS) is 9.56. The third-order valence-corrected chi connectivity index (χ3v) is 3.96. The average molecular weight is 372 g/mol. The molecule has 0 aliphatic rings. The molecule has 0 heterocycles. The Morgan fingerprint density at radius 1 is 0.556 bits per heavy atom. The van der Waals surface area contributed by atoms with E-state index in [-0.39, 0.29) is 17.5 Å². The molecule has 3 rings (SSSR count). The average Bonchev–Trinajstić information content (AvgIpc) is 2.70. The molecule has 3 aromatic rings. The zero-order valence-corrected chi connectivity index (χ0v) is 16.2. The van der Waals surface area contributed by atoms with Gasteiger partial charge in [-0.1, -0.05) is 63.2 Å². The minimum Gasteiger partial charge on any atom is -0.207 e. The van der Waals surface area contributed by atoms with E-state index in [2.05, 4.69) is 0 Å². The molecule has 0 atom stereocenters. The van der Waals surface area contributed by atoms with Crippen LogP contribution in [0.25, 0.3) is 0 Å². The molecule has 0 bridgehead atoms. The van der Waals surface area contributed by atoms with E-state index in [1.54, 1.807) is 36.4 Å². The zero-order valence-electron chi connectivity index (χ0n) is 16.2. The fourth-order valence-corrected chi connectivity index (χ4v) is 2.26. The summed E-state index contributed by atoms with van der Waals surface area (Å²) in [6, 6.07) is 20.1. The van der Waals surface area contributed by atoms with Crippen LogP contribution in [-0.2, 0) is 19.3 Å². The van der Waals surface area contributed by atoms with Gasteiger partial charge in [0.15, 0.2) is 0 Å². The molecule has 0 nitrogen and oxygen atoms in total. The molecule has 27 heavy (non-hydrogen) atoms. The van der Waals surface area contributed by atoms with Crippen molar-refractivity contribution in [3.63, 3.8) is 0 Å². The molecular weight excluding hydrogens is 345 g/mol. The maximum Gasteiger partial charge on any atom is 0.126 e. The van der Waals surface area contributed by atoms with Gasteiger partial charge in [0, 0.05) is 0 Å². The highest BCUT2D eigenvalue weighted by molar-refractivity contribution is 5.17. The first-order chi connectivity index (χ1) is 13.0. The molecule has 3 aromatic carbocycles. The Bertz CT molecular complexity index is 780. The van der Waals surface area contributed by atoms with Gasteiger partial charge in [-0.15, -0.1) is 0 Å². The van der Waals surface area contributed by atoms with Crippen LogP contribution in [0.5, 0.6) is 0 Å². The summed E-state index contributed by atoms with van der Waals surface area (Å²) in [4.78, 5) is 0. The van der Waals surface area contributed by atoms with Gasteiger partial charge in [-0.05, 0) is 66.3 Å². The van der Waals surface area contributed by atoms with Crippen LogP contribution in [0.4, 0.5) is 13.2 Å². The third-order valence-electron chi connectivity index (χ3n) is 3.96. The lowest BCUT2D eigenvalue weighted by atomic mass is 10.2. The Labute approximate surface area is 160 Å². The summed E-state index contributed by atoms with van der Waals surface area (Å²) in [6.45, 7) is 6.00. The number of aryl methyl sites for hydroxylation is 3. The molecule has 0 amide bonds. The Hall–Kier alpha value is -2.55. The number of rotatable bonds is 3. The molecule has 144 valence electrons. The lowest BCUT2D eigenvalue weighted by molar-refractivity contribution is 0.612. The topological polar surface area (TPSA) is 0 Å². The molecule has 0 saturated carbocycles. The molecule has 0 spiro atoms. The quantitative estimate of drug-likeness (QED) is 0.457. The summed E-state index contributed by atoms with van der Waals surface area (Å²) < 4.78 is 37.2. The van der Waals surface area contributed by atoms with Crippen LogP contribution in [0.2, 0.25) is 0 Å². The van der Waals surface area contributed by atoms with Gasteiger partial charge >= 0.3 is 0 Å². The molecule has 0 aliphatic heterocycles. The SMILES string of the molecule is CCc1ccc(F)cc1.CCc1cccc(F)c1.CCc1ccccc1F. The lowest BCUT2D eigenvalue weighted by Gasteiger charge is -1.94. The predicted molar refractivity (Wildman–Crippen MR) is 107 cm³/mol. The van der Waals surface area contributed by atoms with Crippen molar-refractivity contribution in [3.8, 4) is 0 Å². The highest BCUT2D eigenvalue weighted by Gasteiger charge is 1.94. The maximum absolute atomic E-state index is 12.6. The second-order valence-electron chi connectivity index (χ2n) is 5.91. The number of hydrogen-bond acceptors (Lipinski definition) is 0. The summed E-state index contributed by atoms with van der Waals surface area (Å²) in [5, 5.41) is 0. The van der Waals surface area contributed by atoms with Crippen molar-refractivity contribution in [3.05, 3.63) is 107 Å². The Morgan fingerprint density at radius 3 is 1.63 bits per heavy atom. The van der Waals surface area contributed by atoms with Gasteiger partial charge in [0.2, 0.25) is 0 Å². The van der Waals surface area contributed by atoms with Crippen molar-refractivity contribution >= 4 is 0 Å². The summed E-state index contributed by atoms with van der Waals surface area (Å²) in [5.41, 5.74) is 3.02. The van der Waals surface area contributed by atoms with E-state index in [9.17, 15) is 13.2 Å². The maximum atomic E-state index is 12.6. The zero-order chi connectivity index (χ0) is 20.1. The van der Waals surface area contributed by atoms with Gasteiger partial charge in [0.05, 0.1) is 0 Å². The third kappa shape index (κ3) is 9.09. The molecule has 0 N–H and O–H groups in total. The van der Waals surface area contributed by atoms with Crippen molar-refractivity contribution < 1.29 is 13.2 Å². The molecular formula is C24H27F3. The van der Waals surface area contributed by atoms with Crippen molar-refractivity contribution in [2.45, 2.75) is 40.0 Å². The fraction of sp³-hybridized carbons (Fsp3) is 0.250. The smallest absolute Gasteiger partial charge is 0.126 e. The Kier molecular flexibility index (Phi) is 10.6. The van der Waals surface area contributed by atoms with E-state index in [1.165, 1.54) is 29.8 Å². The first-order valence-corrected chi connectivity index (χ1v) is 9.22. The number of hydrogen-bond donors (Lipinski definition) is 0. The molecule has 0 unspecified atom stereocenters. The number of benzene rings is 3.